The summed E-state index contributed by atoms with van der Waals surface area (Å²) < 4.78 is 37.5. The predicted octanol–water partition coefficient (Wildman–Crippen LogP) is 2.30. The molecule has 1 atom stereocenters. The molecule has 4 nitrogen and oxygen atoms in total. The van der Waals surface area contributed by atoms with Crippen molar-refractivity contribution in [1.82, 2.24) is 0 Å². The minimum absolute atomic E-state index is 0.230. The molecular weight excluding hydrogens is 319 g/mol. The molecule has 8 heteroatoms. The van der Waals surface area contributed by atoms with Gasteiger partial charge in [-0.15, -0.1) is 0 Å². The summed E-state index contributed by atoms with van der Waals surface area (Å²) in [5.74, 6) is -3.36. The van der Waals surface area contributed by atoms with Gasteiger partial charge in [-0.3, -0.25) is 4.79 Å². The maximum atomic E-state index is 12.6. The molecule has 1 aromatic rings. The molecule has 4 N–H and O–H groups in total. The van der Waals surface area contributed by atoms with Crippen molar-refractivity contribution in [2.75, 3.05) is 6.54 Å². The van der Waals surface area contributed by atoms with E-state index in [2.05, 4.69) is 15.9 Å². The van der Waals surface area contributed by atoms with Crippen LogP contribution in [0, 0.1) is 0 Å². The molecule has 0 bridgehead atoms. The van der Waals surface area contributed by atoms with Gasteiger partial charge in [0.25, 0.3) is 0 Å². The van der Waals surface area contributed by atoms with E-state index in [4.69, 9.17) is 10.8 Å². The normalized spacial score (nSPS) is 13.4. The zero-order chi connectivity index (χ0) is 14.1. The predicted molar refractivity (Wildman–Crippen MR) is 60.2 cm³/mol. The number of hydrogen-bond acceptors (Lipinski definition) is 3. The monoisotopic (exact) mass is 327 g/mol. The third-order valence-electron chi connectivity index (χ3n) is 2.33. The van der Waals surface area contributed by atoms with Crippen LogP contribution in [-0.4, -0.2) is 22.7 Å². The van der Waals surface area contributed by atoms with Crippen molar-refractivity contribution in [1.29, 1.82) is 0 Å². The average molecular weight is 328 g/mol. The average Bonchev–Trinajstić information content (AvgIpc) is 2.22. The Bertz CT molecular complexity index is 476. The van der Waals surface area contributed by atoms with Crippen molar-refractivity contribution in [2.24, 2.45) is 5.73 Å². The second kappa shape index (κ2) is 5.15. The Hall–Kier alpha value is -1.28. The van der Waals surface area contributed by atoms with Gasteiger partial charge in [-0.25, -0.2) is 0 Å². The topological polar surface area (TPSA) is 83.6 Å². The van der Waals surface area contributed by atoms with Crippen molar-refractivity contribution < 1.29 is 28.2 Å². The van der Waals surface area contributed by atoms with E-state index in [0.29, 0.717) is 12.1 Å². The molecule has 1 unspecified atom stereocenters. The minimum atomic E-state index is -4.64. The molecule has 1 rings (SSSR count). The number of rotatable bonds is 3. The first-order valence-electron chi connectivity index (χ1n) is 4.71. The van der Waals surface area contributed by atoms with Crippen molar-refractivity contribution in [3.63, 3.8) is 0 Å². The third-order valence-corrected chi connectivity index (χ3v) is 2.93. The van der Waals surface area contributed by atoms with Crippen molar-refractivity contribution >= 4 is 21.9 Å². The number of phenolic OH excluding ortho intramolecular Hbond substituents is 1. The summed E-state index contributed by atoms with van der Waals surface area (Å²) in [4.78, 5) is 10.9. The van der Waals surface area contributed by atoms with Gasteiger partial charge < -0.3 is 15.9 Å². The van der Waals surface area contributed by atoms with Crippen LogP contribution in [0.4, 0.5) is 13.2 Å². The van der Waals surface area contributed by atoms with E-state index in [0.717, 1.165) is 0 Å². The van der Waals surface area contributed by atoms with E-state index in [1.807, 2.05) is 0 Å². The highest BCUT2D eigenvalue weighted by molar-refractivity contribution is 9.10. The Balaban J connectivity index is 3.43. The first kappa shape index (κ1) is 14.8. The summed E-state index contributed by atoms with van der Waals surface area (Å²) >= 11 is 2.75. The van der Waals surface area contributed by atoms with Crippen LogP contribution in [0.25, 0.3) is 0 Å². The first-order chi connectivity index (χ1) is 8.18. The number of benzene rings is 1. The lowest BCUT2D eigenvalue weighted by atomic mass is 9.96. The highest BCUT2D eigenvalue weighted by Crippen LogP contribution is 2.39. The number of aliphatic carboxylic acids is 1. The number of phenols is 1. The summed E-state index contributed by atoms with van der Waals surface area (Å²) in [6.45, 7) is -0.420. The second-order valence-corrected chi connectivity index (χ2v) is 4.37. The molecule has 0 saturated heterocycles. The Morgan fingerprint density at radius 2 is 2.00 bits per heavy atom. The maximum absolute atomic E-state index is 12.6. The lowest BCUT2D eigenvalue weighted by Crippen LogP contribution is -2.22. The molecule has 0 spiro atoms. The van der Waals surface area contributed by atoms with Crippen LogP contribution in [0.3, 0.4) is 0 Å². The summed E-state index contributed by atoms with van der Waals surface area (Å²) in [6, 6.07) is 1.26. The third kappa shape index (κ3) is 2.94. The standard InChI is InChI=1S/C10H9BrF3NO3/c11-7-2-4(10(12,13)14)1-5(8(7)16)6(3-15)9(17)18/h1-2,6,16H,3,15H2,(H,17,18). The fraction of sp³-hybridized carbons (Fsp3) is 0.300. The Kier molecular flexibility index (Phi) is 4.23. The second-order valence-electron chi connectivity index (χ2n) is 3.52. The largest absolute Gasteiger partial charge is 0.506 e. The number of carbonyl (C=O) groups is 1. The molecular formula is C10H9BrF3NO3. The Morgan fingerprint density at radius 3 is 2.39 bits per heavy atom. The highest BCUT2D eigenvalue weighted by Gasteiger charge is 2.34. The fourth-order valence-electron chi connectivity index (χ4n) is 1.41. The molecule has 0 aliphatic heterocycles. The van der Waals surface area contributed by atoms with Gasteiger partial charge >= 0.3 is 12.1 Å². The smallest absolute Gasteiger partial charge is 0.416 e. The van der Waals surface area contributed by atoms with Crippen LogP contribution < -0.4 is 5.73 Å². The lowest BCUT2D eigenvalue weighted by Gasteiger charge is -2.16. The number of carboxylic acid groups (broad SMARTS) is 1. The quantitative estimate of drug-likeness (QED) is 0.795. The molecule has 0 aliphatic rings. The molecule has 0 fully saturated rings. The highest BCUT2D eigenvalue weighted by atomic mass is 79.9. The number of hydrogen-bond donors (Lipinski definition) is 3. The van der Waals surface area contributed by atoms with E-state index in [9.17, 15) is 23.1 Å². The van der Waals surface area contributed by atoms with Gasteiger partial charge in [0.1, 0.15) is 5.75 Å². The van der Waals surface area contributed by atoms with Crippen LogP contribution in [0.15, 0.2) is 16.6 Å². The van der Waals surface area contributed by atoms with Crippen molar-refractivity contribution in [3.05, 3.63) is 27.7 Å². The molecule has 0 aromatic heterocycles. The van der Waals surface area contributed by atoms with E-state index < -0.39 is 35.9 Å². The molecule has 0 heterocycles. The molecule has 1 aromatic carbocycles. The van der Waals surface area contributed by atoms with Gasteiger partial charge in [0, 0.05) is 12.1 Å². The number of halogens is 4. The molecule has 0 radical (unpaired) electrons. The van der Waals surface area contributed by atoms with Gasteiger partial charge in [0.15, 0.2) is 0 Å². The Labute approximate surface area is 108 Å². The molecule has 100 valence electrons. The van der Waals surface area contributed by atoms with Crippen molar-refractivity contribution in [2.45, 2.75) is 12.1 Å². The first-order valence-corrected chi connectivity index (χ1v) is 5.50. The van der Waals surface area contributed by atoms with Gasteiger partial charge in [-0.2, -0.15) is 13.2 Å². The SMILES string of the molecule is NCC(C(=O)O)c1cc(C(F)(F)F)cc(Br)c1O. The van der Waals surface area contributed by atoms with Crippen LogP contribution >= 0.6 is 15.9 Å². The molecule has 0 aliphatic carbocycles. The summed E-state index contributed by atoms with van der Waals surface area (Å²) in [5, 5.41) is 18.5. The number of aromatic hydroxyl groups is 1. The van der Waals surface area contributed by atoms with E-state index >= 15 is 0 Å². The molecule has 0 amide bonds. The van der Waals surface area contributed by atoms with Crippen LogP contribution in [-0.2, 0) is 11.0 Å². The van der Waals surface area contributed by atoms with Crippen LogP contribution in [0.5, 0.6) is 5.75 Å². The lowest BCUT2D eigenvalue weighted by molar-refractivity contribution is -0.140. The van der Waals surface area contributed by atoms with E-state index in [1.165, 1.54) is 0 Å². The zero-order valence-electron chi connectivity index (χ0n) is 8.83. The summed E-state index contributed by atoms with van der Waals surface area (Å²) in [6.07, 6.45) is -4.64. The minimum Gasteiger partial charge on any atom is -0.506 e. The van der Waals surface area contributed by atoms with Crippen LogP contribution in [0.1, 0.15) is 17.0 Å². The van der Waals surface area contributed by atoms with E-state index in [-0.39, 0.29) is 10.0 Å². The van der Waals surface area contributed by atoms with Gasteiger partial charge in [-0.05, 0) is 28.1 Å². The van der Waals surface area contributed by atoms with Gasteiger partial charge in [0.2, 0.25) is 0 Å². The summed E-state index contributed by atoms with van der Waals surface area (Å²) in [5.41, 5.74) is 3.77. The number of nitrogens with two attached hydrogens (primary N) is 1. The molecule has 18 heavy (non-hydrogen) atoms. The van der Waals surface area contributed by atoms with E-state index in [1.54, 1.807) is 0 Å². The zero-order valence-corrected chi connectivity index (χ0v) is 10.4. The summed E-state index contributed by atoms with van der Waals surface area (Å²) in [7, 11) is 0. The van der Waals surface area contributed by atoms with Crippen LogP contribution in [0.2, 0.25) is 0 Å². The Morgan fingerprint density at radius 1 is 1.44 bits per heavy atom. The van der Waals surface area contributed by atoms with Gasteiger partial charge in [0.05, 0.1) is 16.0 Å². The van der Waals surface area contributed by atoms with Crippen molar-refractivity contribution in [3.8, 4) is 5.75 Å². The molecule has 0 saturated carbocycles. The fourth-order valence-corrected chi connectivity index (χ4v) is 1.89. The van der Waals surface area contributed by atoms with Gasteiger partial charge in [-0.1, -0.05) is 0 Å². The number of alkyl halides is 3. The number of carboxylic acids is 1. The maximum Gasteiger partial charge on any atom is 0.416 e.